The molecule has 2 rings (SSSR count). The topological polar surface area (TPSA) is 91.1 Å². The smallest absolute Gasteiger partial charge is 0.243 e. The van der Waals surface area contributed by atoms with Gasteiger partial charge in [-0.05, 0) is 25.5 Å². The van der Waals surface area contributed by atoms with Crippen molar-refractivity contribution in [2.24, 2.45) is 8.73 Å². The molecule has 0 spiro atoms. The molecule has 0 radical (unpaired) electrons. The van der Waals surface area contributed by atoms with Crippen LogP contribution in [0.2, 0.25) is 0 Å². The first kappa shape index (κ1) is 13.3. The van der Waals surface area contributed by atoms with Gasteiger partial charge in [-0.2, -0.15) is 8.73 Å². The van der Waals surface area contributed by atoms with Gasteiger partial charge in [0.15, 0.2) is 0 Å². The van der Waals surface area contributed by atoms with Crippen molar-refractivity contribution in [3.05, 3.63) is 18.2 Å². The Kier molecular flexibility index (Phi) is 3.91. The van der Waals surface area contributed by atoms with E-state index in [-0.39, 0.29) is 17.5 Å². The third-order valence-corrected chi connectivity index (χ3v) is 4.62. The summed E-state index contributed by atoms with van der Waals surface area (Å²) in [5.41, 5.74) is 0.948. The van der Waals surface area contributed by atoms with E-state index in [1.165, 1.54) is 6.07 Å². The van der Waals surface area contributed by atoms with Gasteiger partial charge in [0.2, 0.25) is 10.0 Å². The number of sulfonamides is 1. The van der Waals surface area contributed by atoms with Crippen LogP contribution < -0.4 is 4.72 Å². The summed E-state index contributed by atoms with van der Waals surface area (Å²) < 4.78 is 34.9. The van der Waals surface area contributed by atoms with Crippen molar-refractivity contribution in [2.45, 2.75) is 24.3 Å². The van der Waals surface area contributed by atoms with Gasteiger partial charge in [0.25, 0.3) is 0 Å². The predicted molar refractivity (Wildman–Crippen MR) is 69.5 cm³/mol. The first-order chi connectivity index (χ1) is 8.54. The molecule has 0 bridgehead atoms. The SMILES string of the molecule is CC(CCO)NS(=O)(=O)c1cccc2c1N=S=N2. The zero-order valence-electron chi connectivity index (χ0n) is 9.70. The summed E-state index contributed by atoms with van der Waals surface area (Å²) in [6, 6.07) is 4.52. The normalized spacial score (nSPS) is 15.2. The zero-order chi connectivity index (χ0) is 13.2. The van der Waals surface area contributed by atoms with Crippen LogP contribution in [0.25, 0.3) is 0 Å². The highest BCUT2D eigenvalue weighted by molar-refractivity contribution is 7.89. The number of aliphatic hydroxyl groups is 1. The number of fused-ring (bicyclic) bond motifs is 1. The fraction of sp³-hybridized carbons (Fsp3) is 0.400. The van der Waals surface area contributed by atoms with Gasteiger partial charge in [-0.15, -0.1) is 0 Å². The Balaban J connectivity index is 2.32. The van der Waals surface area contributed by atoms with Crippen LogP contribution in [0, 0.1) is 0 Å². The molecule has 1 aromatic rings. The lowest BCUT2D eigenvalue weighted by molar-refractivity contribution is 0.275. The van der Waals surface area contributed by atoms with Crippen LogP contribution in [0.4, 0.5) is 11.4 Å². The van der Waals surface area contributed by atoms with Gasteiger partial charge in [-0.1, -0.05) is 6.07 Å². The Morgan fingerprint density at radius 1 is 1.44 bits per heavy atom. The highest BCUT2D eigenvalue weighted by Crippen LogP contribution is 2.37. The van der Waals surface area contributed by atoms with E-state index < -0.39 is 10.0 Å². The van der Waals surface area contributed by atoms with Crippen molar-refractivity contribution < 1.29 is 13.5 Å². The fourth-order valence-electron chi connectivity index (χ4n) is 1.58. The third kappa shape index (κ3) is 2.66. The second-order valence-corrected chi connectivity index (χ2v) is 6.13. The summed E-state index contributed by atoms with van der Waals surface area (Å²) in [4.78, 5) is 0.124. The van der Waals surface area contributed by atoms with Crippen LogP contribution in [0.1, 0.15) is 13.3 Å². The summed E-state index contributed by atoms with van der Waals surface area (Å²) >= 11 is 0.980. The van der Waals surface area contributed by atoms with E-state index in [2.05, 4.69) is 13.4 Å². The van der Waals surface area contributed by atoms with Gasteiger partial charge < -0.3 is 5.11 Å². The number of rotatable bonds is 5. The van der Waals surface area contributed by atoms with E-state index in [9.17, 15) is 8.42 Å². The number of aliphatic hydroxyl groups excluding tert-OH is 1. The maximum Gasteiger partial charge on any atom is 0.243 e. The minimum atomic E-state index is -3.64. The molecule has 1 aromatic carbocycles. The van der Waals surface area contributed by atoms with Gasteiger partial charge >= 0.3 is 0 Å². The van der Waals surface area contributed by atoms with Gasteiger partial charge in [-0.3, -0.25) is 0 Å². The van der Waals surface area contributed by atoms with E-state index in [0.717, 1.165) is 11.4 Å². The first-order valence-corrected chi connectivity index (χ1v) is 7.60. The monoisotopic (exact) mass is 287 g/mol. The van der Waals surface area contributed by atoms with Crippen LogP contribution in [-0.2, 0) is 21.4 Å². The minimum absolute atomic E-state index is 0.0633. The van der Waals surface area contributed by atoms with Crippen molar-refractivity contribution in [1.82, 2.24) is 4.72 Å². The Morgan fingerprint density at radius 3 is 2.94 bits per heavy atom. The van der Waals surface area contributed by atoms with E-state index in [0.29, 0.717) is 17.8 Å². The molecule has 6 nitrogen and oxygen atoms in total. The number of hydrogen-bond acceptors (Lipinski definition) is 5. The van der Waals surface area contributed by atoms with E-state index in [4.69, 9.17) is 5.11 Å². The van der Waals surface area contributed by atoms with Gasteiger partial charge in [0.1, 0.15) is 16.3 Å². The lowest BCUT2D eigenvalue weighted by Crippen LogP contribution is -2.33. The Morgan fingerprint density at radius 2 is 2.22 bits per heavy atom. The van der Waals surface area contributed by atoms with Crippen LogP contribution in [0.3, 0.4) is 0 Å². The predicted octanol–water partition coefficient (Wildman–Crippen LogP) is 1.46. The van der Waals surface area contributed by atoms with E-state index >= 15 is 0 Å². The molecule has 1 aliphatic heterocycles. The zero-order valence-corrected chi connectivity index (χ0v) is 11.3. The Labute approximate surface area is 109 Å². The molecule has 98 valence electrons. The first-order valence-electron chi connectivity index (χ1n) is 5.39. The van der Waals surface area contributed by atoms with Crippen molar-refractivity contribution in [3.8, 4) is 0 Å². The molecule has 18 heavy (non-hydrogen) atoms. The Bertz CT molecular complexity index is 621. The molecule has 0 fully saturated rings. The van der Waals surface area contributed by atoms with Gasteiger partial charge in [0, 0.05) is 12.6 Å². The summed E-state index contributed by atoms with van der Waals surface area (Å²) in [7, 11) is -3.64. The molecule has 0 saturated heterocycles. The van der Waals surface area contributed by atoms with Crippen molar-refractivity contribution in [1.29, 1.82) is 0 Å². The molecule has 0 amide bonds. The lowest BCUT2D eigenvalue weighted by Gasteiger charge is -2.13. The molecule has 1 atom stereocenters. The number of hydrogen-bond donors (Lipinski definition) is 2. The summed E-state index contributed by atoms with van der Waals surface area (Å²) in [5, 5.41) is 8.79. The van der Waals surface area contributed by atoms with Gasteiger partial charge in [-0.25, -0.2) is 13.1 Å². The Hall–Kier alpha value is -1.09. The highest BCUT2D eigenvalue weighted by atomic mass is 32.2. The summed E-state index contributed by atoms with van der Waals surface area (Å²) in [5.74, 6) is 0. The lowest BCUT2D eigenvalue weighted by atomic mass is 10.3. The summed E-state index contributed by atoms with van der Waals surface area (Å²) in [6.45, 7) is 1.64. The van der Waals surface area contributed by atoms with Crippen LogP contribution in [0.15, 0.2) is 31.8 Å². The second kappa shape index (κ2) is 5.27. The number of nitrogens with zero attached hydrogens (tertiary/aromatic N) is 2. The standard InChI is InChI=1S/C10H13N3O3S2/c1-7(5-6-14)13-18(15,16)9-4-2-3-8-10(9)12-17-11-8/h2-4,7,13-14H,5-6H2,1H3. The molecule has 0 aromatic heterocycles. The number of benzene rings is 1. The average molecular weight is 287 g/mol. The maximum atomic E-state index is 12.2. The summed E-state index contributed by atoms with van der Waals surface area (Å²) in [6.07, 6.45) is 0.366. The molecular formula is C10H13N3O3S2. The minimum Gasteiger partial charge on any atom is -0.396 e. The van der Waals surface area contributed by atoms with E-state index in [1.807, 2.05) is 0 Å². The molecule has 2 N–H and O–H groups in total. The molecule has 0 saturated carbocycles. The van der Waals surface area contributed by atoms with Gasteiger partial charge in [0.05, 0.1) is 11.4 Å². The fourth-order valence-corrected chi connectivity index (χ4v) is 3.62. The third-order valence-electron chi connectivity index (χ3n) is 2.46. The molecular weight excluding hydrogens is 274 g/mol. The van der Waals surface area contributed by atoms with Crippen molar-refractivity contribution in [3.63, 3.8) is 0 Å². The van der Waals surface area contributed by atoms with Crippen molar-refractivity contribution in [2.75, 3.05) is 6.61 Å². The quantitative estimate of drug-likeness (QED) is 0.872. The second-order valence-electron chi connectivity index (χ2n) is 3.92. The maximum absolute atomic E-state index is 12.2. The largest absolute Gasteiger partial charge is 0.396 e. The highest BCUT2D eigenvalue weighted by Gasteiger charge is 2.23. The molecule has 0 aliphatic carbocycles. The molecule has 1 heterocycles. The van der Waals surface area contributed by atoms with E-state index in [1.54, 1.807) is 19.1 Å². The van der Waals surface area contributed by atoms with Crippen LogP contribution >= 0.6 is 0 Å². The average Bonchev–Trinajstić information content (AvgIpc) is 2.75. The molecule has 1 unspecified atom stereocenters. The van der Waals surface area contributed by atoms with Crippen LogP contribution in [-0.4, -0.2) is 26.2 Å². The molecule has 1 aliphatic rings. The van der Waals surface area contributed by atoms with Crippen LogP contribution in [0.5, 0.6) is 0 Å². The van der Waals surface area contributed by atoms with Crippen molar-refractivity contribution >= 4 is 32.8 Å². The molecule has 8 heteroatoms. The number of nitrogens with one attached hydrogen (secondary N) is 1.